The van der Waals surface area contributed by atoms with Gasteiger partial charge in [0.15, 0.2) is 27.3 Å². The van der Waals surface area contributed by atoms with E-state index in [0.29, 0.717) is 16.2 Å². The van der Waals surface area contributed by atoms with Gasteiger partial charge in [-0.2, -0.15) is 22.8 Å². The Bertz CT molecular complexity index is 2420. The summed E-state index contributed by atoms with van der Waals surface area (Å²) in [5.74, 6) is 2.40. The van der Waals surface area contributed by atoms with Crippen LogP contribution in [0.3, 0.4) is 0 Å². The Morgan fingerprint density at radius 2 is 1.87 bits per heavy atom. The van der Waals surface area contributed by atoms with E-state index in [1.165, 1.54) is 61.8 Å². The lowest BCUT2D eigenvalue weighted by molar-refractivity contribution is -0.121. The minimum Gasteiger partial charge on any atom is -0.481 e. The van der Waals surface area contributed by atoms with Crippen molar-refractivity contribution >= 4 is 60.7 Å². The van der Waals surface area contributed by atoms with Crippen molar-refractivity contribution in [3.8, 4) is 29.9 Å². The molecule has 286 valence electrons. The predicted molar refractivity (Wildman–Crippen MR) is 192 cm³/mol. The second-order valence-corrected chi connectivity index (χ2v) is 16.8. The number of ether oxygens (including phenoxy) is 3. The quantitative estimate of drug-likeness (QED) is 0.232. The predicted octanol–water partition coefficient (Wildman–Crippen LogP) is 2.45. The molecule has 5 heterocycles. The Labute approximate surface area is 313 Å². The summed E-state index contributed by atoms with van der Waals surface area (Å²) in [5.41, 5.74) is 0.678. The zero-order valence-corrected chi connectivity index (χ0v) is 31.9. The van der Waals surface area contributed by atoms with Crippen LogP contribution >= 0.6 is 11.5 Å². The number of hydrogen-bond acceptors (Lipinski definition) is 15. The van der Waals surface area contributed by atoms with Crippen molar-refractivity contribution in [3.05, 3.63) is 53.0 Å². The minimum atomic E-state index is -4.61. The molecule has 2 aliphatic rings. The van der Waals surface area contributed by atoms with Crippen LogP contribution in [0.5, 0.6) is 17.5 Å². The summed E-state index contributed by atoms with van der Waals surface area (Å²) >= 11 is 1.24. The highest BCUT2D eigenvalue weighted by Crippen LogP contribution is 2.37. The van der Waals surface area contributed by atoms with Crippen LogP contribution < -0.4 is 34.0 Å². The number of terminal acetylenes is 1. The average molecular weight is 804 g/mol. The van der Waals surface area contributed by atoms with Crippen molar-refractivity contribution in [3.63, 3.8) is 0 Å². The third kappa shape index (κ3) is 8.75. The van der Waals surface area contributed by atoms with Gasteiger partial charge >= 0.3 is 6.03 Å². The summed E-state index contributed by atoms with van der Waals surface area (Å²) in [6.45, 7) is 6.41. The molecule has 22 heteroatoms. The maximum atomic E-state index is 14.5. The fourth-order valence-electron chi connectivity index (χ4n) is 5.18. The molecule has 6 rings (SSSR count). The number of sulfonamides is 1. The second kappa shape index (κ2) is 15.7. The van der Waals surface area contributed by atoms with Gasteiger partial charge in [-0.1, -0.05) is 26.7 Å². The first kappa shape index (κ1) is 39.5. The van der Waals surface area contributed by atoms with Crippen molar-refractivity contribution in [1.82, 2.24) is 28.6 Å². The average Bonchev–Trinajstić information content (AvgIpc) is 3.64. The Morgan fingerprint density at radius 1 is 1.17 bits per heavy atom. The van der Waals surface area contributed by atoms with Crippen molar-refractivity contribution in [2.45, 2.75) is 43.7 Å². The van der Waals surface area contributed by atoms with E-state index in [2.05, 4.69) is 49.4 Å². The molecule has 0 fully saturated rings. The molecule has 0 saturated heterocycles. The molecule has 0 spiro atoms. The number of aromatic nitrogens is 5. The number of rotatable bonds is 9. The normalized spacial score (nSPS) is 14.8. The molecule has 18 nitrogen and oxygen atoms in total. The van der Waals surface area contributed by atoms with Gasteiger partial charge < -0.3 is 18.8 Å². The van der Waals surface area contributed by atoms with Crippen LogP contribution in [0.2, 0.25) is 0 Å². The van der Waals surface area contributed by atoms with Gasteiger partial charge in [-0.05, 0) is 23.6 Å². The van der Waals surface area contributed by atoms with Gasteiger partial charge in [0.05, 0.1) is 38.3 Å². The molecule has 4 aromatic rings. The zero-order valence-electron chi connectivity index (χ0n) is 29.5. The topological polar surface area (TPSA) is 226 Å². The molecule has 0 aliphatic carbocycles. The van der Waals surface area contributed by atoms with E-state index in [1.54, 1.807) is 4.72 Å². The molecule has 0 atom stereocenters. The Kier molecular flexibility index (Phi) is 11.5. The van der Waals surface area contributed by atoms with Gasteiger partial charge in [-0.25, -0.2) is 32.3 Å². The van der Waals surface area contributed by atoms with Crippen molar-refractivity contribution in [2.24, 2.45) is 10.4 Å². The molecule has 2 N–H and O–H groups in total. The summed E-state index contributed by atoms with van der Waals surface area (Å²) in [5, 5.41) is 1.31. The number of anilines is 2. The Morgan fingerprint density at radius 3 is 2.52 bits per heavy atom. The number of methoxy groups -OCH3 is 2. The summed E-state index contributed by atoms with van der Waals surface area (Å²) in [7, 11) is -5.85. The van der Waals surface area contributed by atoms with Gasteiger partial charge in [0, 0.05) is 36.8 Å². The van der Waals surface area contributed by atoms with Crippen LogP contribution in [0.15, 0.2) is 51.4 Å². The van der Waals surface area contributed by atoms with E-state index in [0.717, 1.165) is 31.1 Å². The number of pyridine rings is 1. The van der Waals surface area contributed by atoms with Gasteiger partial charge in [0.25, 0.3) is 15.9 Å². The Balaban J connectivity index is 0.000000208. The van der Waals surface area contributed by atoms with Crippen LogP contribution in [0.25, 0.3) is 0 Å². The van der Waals surface area contributed by atoms with Crippen LogP contribution in [-0.2, 0) is 37.6 Å². The summed E-state index contributed by atoms with van der Waals surface area (Å²) in [6.07, 6.45) is 7.31. The number of urea groups is 1. The summed E-state index contributed by atoms with van der Waals surface area (Å²) in [6, 6.07) is 5.23. The largest absolute Gasteiger partial charge is 0.481 e. The monoisotopic (exact) mass is 803 g/mol. The van der Waals surface area contributed by atoms with Crippen LogP contribution in [-0.4, -0.2) is 85.8 Å². The number of nitrogens with zero attached hydrogens (tertiary/aromatic N) is 7. The minimum absolute atomic E-state index is 0.0612. The first-order chi connectivity index (χ1) is 25.5. The fraction of sp³-hybridized carbons (Fsp3) is 0.344. The molecule has 2 aliphatic heterocycles. The lowest BCUT2D eigenvalue weighted by Crippen LogP contribution is -2.39. The first-order valence-corrected chi connectivity index (χ1v) is 19.7. The zero-order chi connectivity index (χ0) is 39.4. The first-order valence-electron chi connectivity index (χ1n) is 15.8. The lowest BCUT2D eigenvalue weighted by atomic mass is 9.92. The highest BCUT2D eigenvalue weighted by atomic mass is 32.2. The molecule has 3 amide bonds. The van der Waals surface area contributed by atoms with E-state index in [1.807, 2.05) is 4.57 Å². The fourth-order valence-corrected chi connectivity index (χ4v) is 8.49. The van der Waals surface area contributed by atoms with Crippen LogP contribution in [0, 0.1) is 23.6 Å². The van der Waals surface area contributed by atoms with Crippen LogP contribution in [0.4, 0.5) is 26.5 Å². The molecule has 1 aromatic carbocycles. The maximum absolute atomic E-state index is 14.5. The number of amides is 3. The van der Waals surface area contributed by atoms with Crippen molar-refractivity contribution in [2.75, 3.05) is 43.3 Å². The second-order valence-electron chi connectivity index (χ2n) is 12.2. The van der Waals surface area contributed by atoms with Gasteiger partial charge in [-0.3, -0.25) is 15.0 Å². The van der Waals surface area contributed by atoms with E-state index in [4.69, 9.17) is 20.6 Å². The standard InChI is InChI=1S/C18H17FN4O2S.C14H17N5O7S2/c1-4-5-22-13-7-12(11(19)6-14(13)25-9-16(22)24)20-17-23-10-18(2,3)8-15(23)21-26-17;1-4-27(21,22)9-6-5-7-15-12(9)28(23,24)19-14(20)18-13-16-10(25-2)8-11(17-13)26-3/h1,6-7H,5,8-10H2,2-3H3;5-8H,4H2,1-3H3,(H2,16,17,18,19,20)/b20-17-;. The molecule has 0 bridgehead atoms. The highest BCUT2D eigenvalue weighted by molar-refractivity contribution is 7.93. The number of carbonyl (C=O) groups is 2. The smallest absolute Gasteiger partial charge is 0.335 e. The molecule has 0 unspecified atom stereocenters. The van der Waals surface area contributed by atoms with Crippen molar-refractivity contribution < 1.29 is 45.0 Å². The van der Waals surface area contributed by atoms with E-state index in [9.17, 15) is 30.8 Å². The molecule has 3 aromatic heterocycles. The SMILES string of the molecule is C#CCN1C(=O)COc2cc(F)c(/N=c3\snc4n3CC(C)(C)C4)cc21.CCS(=O)(=O)c1cccnc1S(=O)(=O)NC(=O)Nc1nc(OC)cc(OC)n1. The van der Waals surface area contributed by atoms with E-state index < -0.39 is 41.6 Å². The van der Waals surface area contributed by atoms with E-state index >= 15 is 0 Å². The third-order valence-corrected chi connectivity index (χ3v) is 11.6. The number of carbonyl (C=O) groups excluding carboxylic acids is 2. The highest BCUT2D eigenvalue weighted by Gasteiger charge is 2.32. The van der Waals surface area contributed by atoms with Gasteiger partial charge in [-0.15, -0.1) is 6.42 Å². The number of nitrogens with one attached hydrogen (secondary N) is 2. The molecule has 0 radical (unpaired) electrons. The number of hydrogen-bond donors (Lipinski definition) is 2. The number of fused-ring (bicyclic) bond motifs is 2. The number of benzene rings is 1. The van der Waals surface area contributed by atoms with E-state index in [-0.39, 0.29) is 53.6 Å². The molecule has 54 heavy (non-hydrogen) atoms. The lowest BCUT2D eigenvalue weighted by Gasteiger charge is -2.28. The third-order valence-electron chi connectivity index (χ3n) is 7.69. The maximum Gasteiger partial charge on any atom is 0.335 e. The van der Waals surface area contributed by atoms with Gasteiger partial charge in [0.1, 0.15) is 22.2 Å². The molecular formula is C32H34FN9O9S3. The van der Waals surface area contributed by atoms with Crippen LogP contribution in [0.1, 0.15) is 26.6 Å². The number of sulfone groups is 1. The molecular weight excluding hydrogens is 770 g/mol. The number of halogens is 1. The van der Waals surface area contributed by atoms with Crippen molar-refractivity contribution in [1.29, 1.82) is 0 Å². The summed E-state index contributed by atoms with van der Waals surface area (Å²) in [4.78, 5) is 41.4. The molecule has 0 saturated carbocycles. The summed E-state index contributed by atoms with van der Waals surface area (Å²) < 4.78 is 87.0. The van der Waals surface area contributed by atoms with Gasteiger partial charge in [0.2, 0.25) is 22.5 Å². The Hall–Kier alpha value is -5.66.